The van der Waals surface area contributed by atoms with Gasteiger partial charge in [-0.3, -0.25) is 11.3 Å². The van der Waals surface area contributed by atoms with E-state index in [4.69, 9.17) is 10.6 Å². The number of nitrogens with two attached hydrogens (primary N) is 1. The average Bonchev–Trinajstić information content (AvgIpc) is 1.83. The van der Waals surface area contributed by atoms with Crippen LogP contribution in [0.2, 0.25) is 0 Å². The van der Waals surface area contributed by atoms with E-state index < -0.39 is 0 Å². The van der Waals surface area contributed by atoms with Gasteiger partial charge in [0.25, 0.3) is 0 Å². The third-order valence-corrected chi connectivity index (χ3v) is 3.28. The summed E-state index contributed by atoms with van der Waals surface area (Å²) < 4.78 is 5.05. The molecule has 0 heterocycles. The van der Waals surface area contributed by atoms with E-state index >= 15 is 0 Å². The van der Waals surface area contributed by atoms with Gasteiger partial charge in [-0.25, -0.2) is 0 Å². The Morgan fingerprint density at radius 2 is 2.09 bits per heavy atom. The first-order chi connectivity index (χ1) is 5.24. The van der Waals surface area contributed by atoms with Gasteiger partial charge in [-0.2, -0.15) is 0 Å². The largest absolute Gasteiger partial charge is 0.385 e. The molecule has 3 saturated carbocycles. The summed E-state index contributed by atoms with van der Waals surface area (Å²) in [5.74, 6) is 5.41. The van der Waals surface area contributed by atoms with Gasteiger partial charge in [-0.1, -0.05) is 0 Å². The van der Waals surface area contributed by atoms with Crippen molar-refractivity contribution in [3.05, 3.63) is 0 Å². The van der Waals surface area contributed by atoms with Crippen molar-refractivity contribution in [1.82, 2.24) is 5.43 Å². The Morgan fingerprint density at radius 3 is 2.55 bits per heavy atom. The molecular formula is C8H16N2O. The zero-order valence-corrected chi connectivity index (χ0v) is 7.02. The highest BCUT2D eigenvalue weighted by molar-refractivity contribution is 5.21. The summed E-state index contributed by atoms with van der Waals surface area (Å²) in [6.45, 7) is 0.903. The Hall–Kier alpha value is -0.120. The summed E-state index contributed by atoms with van der Waals surface area (Å²) in [4.78, 5) is 0. The SMILES string of the molecule is COCCC12CC(NN)(C1)C2. The van der Waals surface area contributed by atoms with Gasteiger partial charge in [0.2, 0.25) is 0 Å². The monoisotopic (exact) mass is 156 g/mol. The highest BCUT2D eigenvalue weighted by Gasteiger charge is 2.66. The lowest BCUT2D eigenvalue weighted by atomic mass is 9.39. The smallest absolute Gasteiger partial charge is 0.0467 e. The van der Waals surface area contributed by atoms with Crippen LogP contribution in [0.15, 0.2) is 0 Å². The molecule has 0 unspecified atom stereocenters. The fourth-order valence-electron chi connectivity index (χ4n) is 2.73. The summed E-state index contributed by atoms with van der Waals surface area (Å²) in [6, 6.07) is 0. The normalized spacial score (nSPS) is 46.4. The van der Waals surface area contributed by atoms with Crippen molar-refractivity contribution in [2.75, 3.05) is 13.7 Å². The molecule has 3 aliphatic carbocycles. The molecule has 0 saturated heterocycles. The number of ether oxygens (including phenoxy) is 1. The van der Waals surface area contributed by atoms with Gasteiger partial charge in [0.05, 0.1) is 0 Å². The molecule has 0 amide bonds. The lowest BCUT2D eigenvalue weighted by molar-refractivity contribution is -0.165. The third kappa shape index (κ3) is 0.916. The first kappa shape index (κ1) is 7.53. The molecule has 0 atom stereocenters. The quantitative estimate of drug-likeness (QED) is 0.458. The van der Waals surface area contributed by atoms with Crippen molar-refractivity contribution in [2.24, 2.45) is 11.3 Å². The van der Waals surface area contributed by atoms with Crippen molar-refractivity contribution in [3.63, 3.8) is 0 Å². The molecule has 3 N–H and O–H groups in total. The van der Waals surface area contributed by atoms with Crippen molar-refractivity contribution in [3.8, 4) is 0 Å². The highest BCUT2D eigenvalue weighted by Crippen LogP contribution is 2.68. The molecule has 0 aliphatic heterocycles. The van der Waals surface area contributed by atoms with Crippen molar-refractivity contribution in [1.29, 1.82) is 0 Å². The third-order valence-electron chi connectivity index (χ3n) is 3.28. The number of hydrazine groups is 1. The summed E-state index contributed by atoms with van der Waals surface area (Å²) in [5.41, 5.74) is 3.86. The van der Waals surface area contributed by atoms with Gasteiger partial charge in [0.1, 0.15) is 0 Å². The summed E-state index contributed by atoms with van der Waals surface area (Å²) in [6.07, 6.45) is 5.01. The second-order valence-corrected chi connectivity index (χ2v) is 4.20. The molecule has 0 aromatic heterocycles. The predicted molar refractivity (Wildman–Crippen MR) is 42.8 cm³/mol. The number of hydrogen-bond acceptors (Lipinski definition) is 3. The number of nitrogens with one attached hydrogen (secondary N) is 1. The van der Waals surface area contributed by atoms with Gasteiger partial charge < -0.3 is 4.74 Å². The minimum atomic E-state index is 0.341. The van der Waals surface area contributed by atoms with Gasteiger partial charge >= 0.3 is 0 Å². The van der Waals surface area contributed by atoms with Crippen LogP contribution >= 0.6 is 0 Å². The molecule has 11 heavy (non-hydrogen) atoms. The van der Waals surface area contributed by atoms with E-state index in [9.17, 15) is 0 Å². The maximum Gasteiger partial charge on any atom is 0.0467 e. The molecule has 3 heteroatoms. The molecular weight excluding hydrogens is 140 g/mol. The second-order valence-electron chi connectivity index (χ2n) is 4.20. The van der Waals surface area contributed by atoms with Crippen LogP contribution in [-0.4, -0.2) is 19.3 Å². The second kappa shape index (κ2) is 2.19. The maximum atomic E-state index is 5.41. The summed E-state index contributed by atoms with van der Waals surface area (Å²) in [7, 11) is 1.77. The van der Waals surface area contributed by atoms with Crippen LogP contribution < -0.4 is 11.3 Å². The lowest BCUT2D eigenvalue weighted by Crippen LogP contribution is -2.75. The van der Waals surface area contributed by atoms with Crippen LogP contribution in [0.4, 0.5) is 0 Å². The van der Waals surface area contributed by atoms with Gasteiger partial charge in [-0.05, 0) is 31.1 Å². The topological polar surface area (TPSA) is 47.3 Å². The van der Waals surface area contributed by atoms with Gasteiger partial charge in [0, 0.05) is 19.3 Å². The molecule has 3 rings (SSSR count). The summed E-state index contributed by atoms with van der Waals surface area (Å²) in [5, 5.41) is 0. The Morgan fingerprint density at radius 1 is 1.45 bits per heavy atom. The van der Waals surface area contributed by atoms with Crippen molar-refractivity contribution < 1.29 is 4.74 Å². The molecule has 0 spiro atoms. The first-order valence-electron chi connectivity index (χ1n) is 4.21. The minimum absolute atomic E-state index is 0.341. The molecule has 0 radical (unpaired) electrons. The van der Waals surface area contributed by atoms with E-state index in [1.807, 2.05) is 0 Å². The fraction of sp³-hybridized carbons (Fsp3) is 1.00. The van der Waals surface area contributed by atoms with E-state index in [1.54, 1.807) is 7.11 Å². The van der Waals surface area contributed by atoms with E-state index in [0.29, 0.717) is 11.0 Å². The Kier molecular flexibility index (Phi) is 1.50. The molecule has 3 nitrogen and oxygen atoms in total. The molecule has 2 bridgehead atoms. The van der Waals surface area contributed by atoms with Crippen LogP contribution in [-0.2, 0) is 4.74 Å². The van der Waals surface area contributed by atoms with Crippen LogP contribution in [0.3, 0.4) is 0 Å². The molecule has 0 aromatic carbocycles. The average molecular weight is 156 g/mol. The van der Waals surface area contributed by atoms with E-state index in [1.165, 1.54) is 25.7 Å². The standard InChI is InChI=1S/C8H16N2O/c1-11-3-2-7-4-8(5-7,6-7)10-9/h10H,2-6,9H2,1H3. The minimum Gasteiger partial charge on any atom is -0.385 e. The number of hydrogen-bond donors (Lipinski definition) is 2. The van der Waals surface area contributed by atoms with E-state index in [-0.39, 0.29) is 0 Å². The van der Waals surface area contributed by atoms with E-state index in [2.05, 4.69) is 5.43 Å². The van der Waals surface area contributed by atoms with Crippen LogP contribution in [0.25, 0.3) is 0 Å². The zero-order valence-electron chi connectivity index (χ0n) is 7.02. The number of rotatable bonds is 4. The van der Waals surface area contributed by atoms with Crippen molar-refractivity contribution >= 4 is 0 Å². The summed E-state index contributed by atoms with van der Waals surface area (Å²) >= 11 is 0. The Labute approximate surface area is 67.3 Å². The fourth-order valence-corrected chi connectivity index (χ4v) is 2.73. The lowest BCUT2D eigenvalue weighted by Gasteiger charge is -2.70. The van der Waals surface area contributed by atoms with Gasteiger partial charge in [-0.15, -0.1) is 0 Å². The Bertz CT molecular complexity index is 144. The zero-order chi connectivity index (χ0) is 7.95. The molecule has 0 aromatic rings. The maximum absolute atomic E-state index is 5.41. The van der Waals surface area contributed by atoms with Crippen LogP contribution in [0, 0.1) is 5.41 Å². The first-order valence-corrected chi connectivity index (χ1v) is 4.21. The van der Waals surface area contributed by atoms with Crippen LogP contribution in [0.1, 0.15) is 25.7 Å². The van der Waals surface area contributed by atoms with Crippen molar-refractivity contribution in [2.45, 2.75) is 31.2 Å². The van der Waals surface area contributed by atoms with E-state index in [0.717, 1.165) is 6.61 Å². The predicted octanol–water partition coefficient (Wildman–Crippen LogP) is 0.409. The Balaban J connectivity index is 1.76. The van der Waals surface area contributed by atoms with Crippen LogP contribution in [0.5, 0.6) is 0 Å². The highest BCUT2D eigenvalue weighted by atomic mass is 16.5. The number of methoxy groups -OCH3 is 1. The molecule has 64 valence electrons. The molecule has 3 aliphatic rings. The van der Waals surface area contributed by atoms with Gasteiger partial charge in [0.15, 0.2) is 0 Å². The molecule has 3 fully saturated rings.